The summed E-state index contributed by atoms with van der Waals surface area (Å²) >= 11 is 0. The number of carbonyl (C=O) groups excluding carboxylic acids is 1. The Morgan fingerprint density at radius 2 is 1.85 bits per heavy atom. The van der Waals surface area contributed by atoms with Crippen molar-refractivity contribution in [3.05, 3.63) is 60.0 Å². The first-order valence-corrected chi connectivity index (χ1v) is 11.4. The smallest absolute Gasteiger partial charge is 0.226 e. The van der Waals surface area contributed by atoms with E-state index in [0.29, 0.717) is 37.5 Å². The highest BCUT2D eigenvalue weighted by Gasteiger charge is 2.17. The minimum absolute atomic E-state index is 0.0260. The van der Waals surface area contributed by atoms with Crippen molar-refractivity contribution in [1.82, 2.24) is 20.4 Å². The molecular weight excluding hydrogens is 418 g/mol. The summed E-state index contributed by atoms with van der Waals surface area (Å²) in [6.45, 7) is 4.64. The average Bonchev–Trinajstić information content (AvgIpc) is 3.32. The van der Waals surface area contributed by atoms with Crippen LogP contribution in [0.1, 0.15) is 24.3 Å². The van der Waals surface area contributed by atoms with Gasteiger partial charge in [0.25, 0.3) is 0 Å². The van der Waals surface area contributed by atoms with Gasteiger partial charge in [0, 0.05) is 56.8 Å². The summed E-state index contributed by atoms with van der Waals surface area (Å²) in [4.78, 5) is 21.6. The number of carbonyl (C=O) groups is 1. The Morgan fingerprint density at radius 3 is 2.61 bits per heavy atom. The second kappa shape index (κ2) is 11.0. The fourth-order valence-electron chi connectivity index (χ4n) is 3.91. The number of anilines is 1. The first kappa shape index (κ1) is 22.8. The van der Waals surface area contributed by atoms with Crippen LogP contribution in [0, 0.1) is 0 Å². The maximum Gasteiger partial charge on any atom is 0.226 e. The van der Waals surface area contributed by atoms with Crippen molar-refractivity contribution < 1.29 is 14.1 Å². The lowest BCUT2D eigenvalue weighted by Crippen LogP contribution is -2.45. The zero-order chi connectivity index (χ0) is 23.0. The maximum atomic E-state index is 12.4. The van der Waals surface area contributed by atoms with E-state index in [2.05, 4.69) is 50.5 Å². The van der Waals surface area contributed by atoms with Crippen LogP contribution in [0.15, 0.2) is 53.1 Å². The van der Waals surface area contributed by atoms with Crippen molar-refractivity contribution in [2.75, 3.05) is 45.2 Å². The van der Waals surface area contributed by atoms with Crippen LogP contribution in [0.25, 0.3) is 11.4 Å². The lowest BCUT2D eigenvalue weighted by molar-refractivity contribution is -0.121. The van der Waals surface area contributed by atoms with Crippen LogP contribution in [0.3, 0.4) is 0 Å². The molecule has 1 N–H and O–H groups in total. The van der Waals surface area contributed by atoms with Crippen LogP contribution < -0.4 is 15.0 Å². The Hall–Kier alpha value is -3.39. The second-order valence-electron chi connectivity index (χ2n) is 8.29. The van der Waals surface area contributed by atoms with E-state index in [1.165, 1.54) is 5.69 Å². The van der Waals surface area contributed by atoms with Gasteiger partial charge >= 0.3 is 0 Å². The highest BCUT2D eigenvalue weighted by Crippen LogP contribution is 2.22. The molecular formula is C25H31N5O3. The predicted molar refractivity (Wildman–Crippen MR) is 127 cm³/mol. The largest absolute Gasteiger partial charge is 0.497 e. The third-order valence-corrected chi connectivity index (χ3v) is 5.92. The fourth-order valence-corrected chi connectivity index (χ4v) is 3.91. The van der Waals surface area contributed by atoms with E-state index < -0.39 is 0 Å². The number of methoxy groups -OCH3 is 1. The van der Waals surface area contributed by atoms with Gasteiger partial charge in [-0.25, -0.2) is 0 Å². The highest BCUT2D eigenvalue weighted by atomic mass is 16.5. The molecule has 8 nitrogen and oxygen atoms in total. The Kier molecular flexibility index (Phi) is 7.57. The van der Waals surface area contributed by atoms with Crippen LogP contribution in [-0.4, -0.2) is 61.3 Å². The van der Waals surface area contributed by atoms with Gasteiger partial charge in [0.2, 0.25) is 17.6 Å². The standard InChI is InChI=1S/C25H31N5O3/c1-29-14-16-30(17-15-29)22-7-4-3-6-20(22)18-26-23(31)8-5-9-24-27-25(28-33-24)19-10-12-21(32-2)13-11-19/h3-4,6-7,10-13H,5,8-9,14-18H2,1-2H3,(H,26,31). The average molecular weight is 450 g/mol. The van der Waals surface area contributed by atoms with Gasteiger partial charge in [0.15, 0.2) is 0 Å². The van der Waals surface area contributed by atoms with E-state index in [-0.39, 0.29) is 5.91 Å². The van der Waals surface area contributed by atoms with E-state index in [4.69, 9.17) is 9.26 Å². The van der Waals surface area contributed by atoms with E-state index >= 15 is 0 Å². The van der Waals surface area contributed by atoms with E-state index in [1.54, 1.807) is 7.11 Å². The number of likely N-dealkylation sites (N-methyl/N-ethyl adjacent to an activating group) is 1. The van der Waals surface area contributed by atoms with Gasteiger partial charge in [-0.2, -0.15) is 4.98 Å². The van der Waals surface area contributed by atoms with Gasteiger partial charge in [0.05, 0.1) is 7.11 Å². The third-order valence-electron chi connectivity index (χ3n) is 5.92. The number of ether oxygens (including phenoxy) is 1. The number of rotatable bonds is 9. The van der Waals surface area contributed by atoms with Gasteiger partial charge < -0.3 is 24.4 Å². The van der Waals surface area contributed by atoms with Gasteiger partial charge in [0.1, 0.15) is 5.75 Å². The van der Waals surface area contributed by atoms with Crippen molar-refractivity contribution in [3.8, 4) is 17.1 Å². The number of nitrogens with zero attached hydrogens (tertiary/aromatic N) is 4. The van der Waals surface area contributed by atoms with Crippen molar-refractivity contribution in [2.45, 2.75) is 25.8 Å². The Labute approximate surface area is 194 Å². The van der Waals surface area contributed by atoms with Gasteiger partial charge in [-0.3, -0.25) is 4.79 Å². The summed E-state index contributed by atoms with van der Waals surface area (Å²) in [6, 6.07) is 15.8. The van der Waals surface area contributed by atoms with Crippen LogP contribution in [0.5, 0.6) is 5.75 Å². The minimum atomic E-state index is 0.0260. The SMILES string of the molecule is COc1ccc(-c2noc(CCCC(=O)NCc3ccccc3N3CCN(C)CC3)n2)cc1. The van der Waals surface area contributed by atoms with Gasteiger partial charge in [-0.05, 0) is 49.4 Å². The number of nitrogens with one attached hydrogen (secondary N) is 1. The molecule has 4 rings (SSSR count). The second-order valence-corrected chi connectivity index (χ2v) is 8.29. The summed E-state index contributed by atoms with van der Waals surface area (Å²) in [7, 11) is 3.78. The number of hydrogen-bond donors (Lipinski definition) is 1. The molecule has 33 heavy (non-hydrogen) atoms. The summed E-state index contributed by atoms with van der Waals surface area (Å²) in [5.41, 5.74) is 3.22. The number of aryl methyl sites for hydroxylation is 1. The molecule has 2 heterocycles. The van der Waals surface area contributed by atoms with Gasteiger partial charge in [-0.15, -0.1) is 0 Å². The molecule has 174 valence electrons. The molecule has 1 saturated heterocycles. The normalized spacial score (nSPS) is 14.3. The highest BCUT2D eigenvalue weighted by molar-refractivity contribution is 5.76. The molecule has 2 aromatic carbocycles. The summed E-state index contributed by atoms with van der Waals surface area (Å²) < 4.78 is 10.5. The molecule has 0 saturated carbocycles. The van der Waals surface area contributed by atoms with Crippen LogP contribution in [0.2, 0.25) is 0 Å². The number of hydrogen-bond acceptors (Lipinski definition) is 7. The van der Waals surface area contributed by atoms with Crippen LogP contribution in [0.4, 0.5) is 5.69 Å². The summed E-state index contributed by atoms with van der Waals surface area (Å²) in [5.74, 6) is 1.88. The number of piperazine rings is 1. The van der Waals surface area contributed by atoms with Crippen molar-refractivity contribution >= 4 is 11.6 Å². The molecule has 0 aliphatic carbocycles. The molecule has 0 atom stereocenters. The van der Waals surface area contributed by atoms with Crippen molar-refractivity contribution in [2.24, 2.45) is 0 Å². The zero-order valence-electron chi connectivity index (χ0n) is 19.3. The Morgan fingerprint density at radius 1 is 1.09 bits per heavy atom. The minimum Gasteiger partial charge on any atom is -0.497 e. The predicted octanol–water partition coefficient (Wildman–Crippen LogP) is 3.14. The molecule has 0 spiro atoms. The molecule has 0 bridgehead atoms. The molecule has 8 heteroatoms. The number of benzene rings is 2. The zero-order valence-corrected chi connectivity index (χ0v) is 19.3. The van der Waals surface area contributed by atoms with Crippen LogP contribution in [-0.2, 0) is 17.8 Å². The number of amides is 1. The number of para-hydroxylation sites is 1. The Balaban J connectivity index is 1.23. The maximum absolute atomic E-state index is 12.4. The quantitative estimate of drug-likeness (QED) is 0.537. The molecule has 0 unspecified atom stereocenters. The monoisotopic (exact) mass is 449 g/mol. The van der Waals surface area contributed by atoms with Crippen molar-refractivity contribution in [1.29, 1.82) is 0 Å². The van der Waals surface area contributed by atoms with E-state index in [1.807, 2.05) is 30.3 Å². The topological polar surface area (TPSA) is 83.7 Å². The molecule has 1 aromatic heterocycles. The van der Waals surface area contributed by atoms with Crippen LogP contribution >= 0.6 is 0 Å². The molecule has 1 fully saturated rings. The lowest BCUT2D eigenvalue weighted by Gasteiger charge is -2.35. The molecule has 1 aliphatic rings. The first-order chi connectivity index (χ1) is 16.1. The van der Waals surface area contributed by atoms with E-state index in [0.717, 1.165) is 43.1 Å². The first-order valence-electron chi connectivity index (χ1n) is 11.4. The fraction of sp³-hybridized carbons (Fsp3) is 0.400. The summed E-state index contributed by atoms with van der Waals surface area (Å²) in [6.07, 6.45) is 1.63. The van der Waals surface area contributed by atoms with E-state index in [9.17, 15) is 4.79 Å². The molecule has 0 radical (unpaired) electrons. The third kappa shape index (κ3) is 6.10. The lowest BCUT2D eigenvalue weighted by atomic mass is 10.1. The number of aromatic nitrogens is 2. The molecule has 1 aliphatic heterocycles. The molecule has 3 aromatic rings. The van der Waals surface area contributed by atoms with Crippen molar-refractivity contribution in [3.63, 3.8) is 0 Å². The Bertz CT molecular complexity index is 1040. The molecule has 1 amide bonds. The van der Waals surface area contributed by atoms with Gasteiger partial charge in [-0.1, -0.05) is 23.4 Å². The summed E-state index contributed by atoms with van der Waals surface area (Å²) in [5, 5.41) is 7.10.